The van der Waals surface area contributed by atoms with Gasteiger partial charge in [0.05, 0.1) is 24.1 Å². The third kappa shape index (κ3) is 2.68. The molecule has 0 aromatic heterocycles. The van der Waals surface area contributed by atoms with Gasteiger partial charge in [0, 0.05) is 22.5 Å². The van der Waals surface area contributed by atoms with Gasteiger partial charge < -0.3 is 9.47 Å². The molecule has 0 amide bonds. The molecule has 6 nitrogen and oxygen atoms in total. The summed E-state index contributed by atoms with van der Waals surface area (Å²) in [4.78, 5) is 0. The number of ether oxygens (including phenoxy) is 2. The molecule has 0 radical (unpaired) electrons. The largest absolute Gasteiger partial charge is 0.448 e. The third-order valence-electron chi connectivity index (χ3n) is 6.26. The highest BCUT2D eigenvalue weighted by Crippen LogP contribution is 2.67. The van der Waals surface area contributed by atoms with Crippen LogP contribution in [0.5, 0.6) is 0 Å². The Morgan fingerprint density at radius 3 is 2.13 bits per heavy atom. The number of hydrogen-bond acceptors (Lipinski definition) is 6. The van der Waals surface area contributed by atoms with E-state index in [-0.39, 0.29) is 22.0 Å². The van der Waals surface area contributed by atoms with Crippen molar-refractivity contribution in [3.05, 3.63) is 69.7 Å². The van der Waals surface area contributed by atoms with E-state index in [1.165, 1.54) is 0 Å². The summed E-state index contributed by atoms with van der Waals surface area (Å²) in [6.45, 7) is 1.62. The molecule has 4 rings (SSSR count). The molecule has 0 saturated carbocycles. The van der Waals surface area contributed by atoms with Gasteiger partial charge in [0.2, 0.25) is 17.1 Å². The van der Waals surface area contributed by atoms with Gasteiger partial charge in [-0.2, -0.15) is 15.8 Å². The molecule has 2 aromatic rings. The minimum atomic E-state index is -2.12. The second-order valence-corrected chi connectivity index (χ2v) is 8.59. The molecular formula is C23H16Cl2N4O2. The lowest BCUT2D eigenvalue weighted by Gasteiger charge is -2.49. The van der Waals surface area contributed by atoms with Crippen molar-refractivity contribution in [3.8, 4) is 18.2 Å². The van der Waals surface area contributed by atoms with E-state index in [1.807, 2.05) is 42.5 Å². The number of nitriles is 3. The minimum Gasteiger partial charge on any atom is -0.448 e. The summed E-state index contributed by atoms with van der Waals surface area (Å²) in [5, 5.41) is 40.0. The second-order valence-electron chi connectivity index (χ2n) is 7.77. The molecule has 2 heterocycles. The van der Waals surface area contributed by atoms with Crippen LogP contribution in [0.15, 0.2) is 48.5 Å². The number of rotatable bonds is 3. The van der Waals surface area contributed by atoms with Crippen LogP contribution in [0.1, 0.15) is 24.2 Å². The van der Waals surface area contributed by atoms with E-state index >= 15 is 0 Å². The Balaban J connectivity index is 1.99. The molecule has 4 atom stereocenters. The van der Waals surface area contributed by atoms with E-state index in [4.69, 9.17) is 38.1 Å². The second kappa shape index (κ2) is 7.26. The summed E-state index contributed by atoms with van der Waals surface area (Å²) in [6.07, 6.45) is -1.04. The van der Waals surface area contributed by atoms with Gasteiger partial charge in [0.1, 0.15) is 6.10 Å². The number of nitrogens with one attached hydrogen (secondary N) is 1. The summed E-state index contributed by atoms with van der Waals surface area (Å²) in [5.41, 5.74) is -2.94. The predicted octanol–water partition coefficient (Wildman–Crippen LogP) is 5.19. The van der Waals surface area contributed by atoms with Crippen LogP contribution in [0.4, 0.5) is 0 Å². The smallest absolute Gasteiger partial charge is 0.215 e. The molecule has 0 aliphatic carbocycles. The maximum atomic E-state index is 10.4. The summed E-state index contributed by atoms with van der Waals surface area (Å²) >= 11 is 12.8. The Morgan fingerprint density at radius 2 is 1.58 bits per heavy atom. The lowest BCUT2D eigenvalue weighted by Crippen LogP contribution is -2.59. The SMILES string of the molecule is CC12OC(=N)C(C#N)(C1Cc1ccccc1)C(C#N)(C#N)C(c1c(Cl)cccc1Cl)O2. The van der Waals surface area contributed by atoms with Crippen LogP contribution in [0, 0.1) is 56.2 Å². The van der Waals surface area contributed by atoms with E-state index in [9.17, 15) is 15.8 Å². The van der Waals surface area contributed by atoms with Crippen molar-refractivity contribution in [2.45, 2.75) is 25.2 Å². The van der Waals surface area contributed by atoms with Crippen molar-refractivity contribution in [2.75, 3.05) is 0 Å². The number of halogens is 2. The molecule has 2 bridgehead atoms. The van der Waals surface area contributed by atoms with E-state index in [1.54, 1.807) is 25.1 Å². The molecule has 8 heteroatoms. The van der Waals surface area contributed by atoms with Gasteiger partial charge in [-0.15, -0.1) is 0 Å². The molecule has 31 heavy (non-hydrogen) atoms. The van der Waals surface area contributed by atoms with Gasteiger partial charge in [-0.05, 0) is 24.1 Å². The standard InChI is InChI=1S/C23H16Cl2N4O2/c1-21-17(10-14-6-3-2-4-7-14)23(13-28,20(29)31-21)22(11-26,12-27)19(30-21)18-15(24)8-5-9-16(18)25/h2-9,17,19,29H,10H2,1H3. The van der Waals surface area contributed by atoms with Crippen molar-refractivity contribution in [1.82, 2.24) is 0 Å². The molecule has 0 spiro atoms. The van der Waals surface area contributed by atoms with Gasteiger partial charge in [-0.1, -0.05) is 59.6 Å². The van der Waals surface area contributed by atoms with Crippen LogP contribution in [0.3, 0.4) is 0 Å². The Bertz CT molecular complexity index is 1160. The van der Waals surface area contributed by atoms with E-state index in [0.717, 1.165) is 5.56 Å². The zero-order chi connectivity index (χ0) is 22.4. The van der Waals surface area contributed by atoms with E-state index in [0.29, 0.717) is 0 Å². The predicted molar refractivity (Wildman–Crippen MR) is 113 cm³/mol. The molecule has 2 saturated heterocycles. The number of hydrogen-bond donors (Lipinski definition) is 1. The van der Waals surface area contributed by atoms with Gasteiger partial charge in [0.25, 0.3) is 0 Å². The first-order chi connectivity index (χ1) is 14.8. The number of fused-ring (bicyclic) bond motifs is 2. The molecule has 2 aromatic carbocycles. The Hall–Kier alpha value is -3.08. The molecule has 1 N–H and O–H groups in total. The van der Waals surface area contributed by atoms with Gasteiger partial charge in [-0.3, -0.25) is 5.41 Å². The number of nitrogens with zero attached hydrogens (tertiary/aromatic N) is 3. The first kappa shape index (κ1) is 21.2. The summed E-state index contributed by atoms with van der Waals surface area (Å²) < 4.78 is 12.1. The monoisotopic (exact) mass is 450 g/mol. The lowest BCUT2D eigenvalue weighted by atomic mass is 9.52. The first-order valence-electron chi connectivity index (χ1n) is 9.47. The topological polar surface area (TPSA) is 114 Å². The highest BCUT2D eigenvalue weighted by molar-refractivity contribution is 6.36. The fourth-order valence-corrected chi connectivity index (χ4v) is 5.35. The molecular weight excluding hydrogens is 435 g/mol. The van der Waals surface area contributed by atoms with Crippen LogP contribution in [-0.4, -0.2) is 11.7 Å². The zero-order valence-corrected chi connectivity index (χ0v) is 17.9. The number of benzene rings is 2. The molecule has 2 aliphatic heterocycles. The summed E-state index contributed by atoms with van der Waals surface area (Å²) in [5.74, 6) is -2.71. The van der Waals surface area contributed by atoms with Crippen molar-refractivity contribution in [2.24, 2.45) is 16.7 Å². The zero-order valence-electron chi connectivity index (χ0n) is 16.4. The average molecular weight is 451 g/mol. The van der Waals surface area contributed by atoms with Gasteiger partial charge in [-0.25, -0.2) is 0 Å². The third-order valence-corrected chi connectivity index (χ3v) is 6.92. The Labute approximate surface area is 189 Å². The highest BCUT2D eigenvalue weighted by atomic mass is 35.5. The maximum absolute atomic E-state index is 10.4. The highest BCUT2D eigenvalue weighted by Gasteiger charge is 2.79. The minimum absolute atomic E-state index is 0.191. The van der Waals surface area contributed by atoms with Gasteiger partial charge in [0.15, 0.2) is 5.41 Å². The lowest BCUT2D eigenvalue weighted by molar-refractivity contribution is -0.272. The Morgan fingerprint density at radius 1 is 0.968 bits per heavy atom. The molecule has 2 fully saturated rings. The first-order valence-corrected chi connectivity index (χ1v) is 10.2. The maximum Gasteiger partial charge on any atom is 0.215 e. The van der Waals surface area contributed by atoms with Crippen molar-refractivity contribution < 1.29 is 9.47 Å². The molecule has 2 aliphatic rings. The van der Waals surface area contributed by atoms with Crippen LogP contribution < -0.4 is 0 Å². The van der Waals surface area contributed by atoms with Crippen LogP contribution >= 0.6 is 23.2 Å². The van der Waals surface area contributed by atoms with Crippen LogP contribution in [0.25, 0.3) is 0 Å². The summed E-state index contributed by atoms with van der Waals surface area (Å²) in [7, 11) is 0. The molecule has 154 valence electrons. The fourth-order valence-electron chi connectivity index (χ4n) is 4.76. The van der Waals surface area contributed by atoms with Crippen molar-refractivity contribution >= 4 is 29.1 Å². The van der Waals surface area contributed by atoms with Crippen molar-refractivity contribution in [3.63, 3.8) is 0 Å². The van der Waals surface area contributed by atoms with Crippen LogP contribution in [0.2, 0.25) is 10.0 Å². The normalized spacial score (nSPS) is 30.5. The average Bonchev–Trinajstić information content (AvgIpc) is 2.91. The Kier molecular flexibility index (Phi) is 4.95. The van der Waals surface area contributed by atoms with E-state index in [2.05, 4.69) is 6.07 Å². The van der Waals surface area contributed by atoms with Gasteiger partial charge >= 0.3 is 0 Å². The van der Waals surface area contributed by atoms with Crippen molar-refractivity contribution in [1.29, 1.82) is 21.2 Å². The van der Waals surface area contributed by atoms with E-state index < -0.39 is 34.5 Å². The van der Waals surface area contributed by atoms with Crippen LogP contribution in [-0.2, 0) is 15.9 Å². The summed E-state index contributed by atoms with van der Waals surface area (Å²) in [6, 6.07) is 20.2. The fraction of sp³-hybridized carbons (Fsp3) is 0.304. The molecule has 4 unspecified atom stereocenters. The quantitative estimate of drug-likeness (QED) is 0.690.